The van der Waals surface area contributed by atoms with Crippen LogP contribution in [0.1, 0.15) is 36.5 Å². The van der Waals surface area contributed by atoms with E-state index in [0.717, 1.165) is 38.7 Å². The highest BCUT2D eigenvalue weighted by Gasteiger charge is 2.34. The molecule has 2 amide bonds. The Labute approximate surface area is 282 Å². The summed E-state index contributed by atoms with van der Waals surface area (Å²) in [5.74, 6) is -0.818. The predicted molar refractivity (Wildman–Crippen MR) is 188 cm³/mol. The van der Waals surface area contributed by atoms with Gasteiger partial charge in [-0.15, -0.1) is 11.8 Å². The Morgan fingerprint density at radius 2 is 1.57 bits per heavy atom. The molecule has 0 heterocycles. The molecule has 1 atom stereocenters. The number of amides is 2. The third-order valence-electron chi connectivity index (χ3n) is 7.59. The van der Waals surface area contributed by atoms with Gasteiger partial charge in [0.25, 0.3) is 10.0 Å². The van der Waals surface area contributed by atoms with Crippen LogP contribution < -0.4 is 9.62 Å². The second-order valence-corrected chi connectivity index (χ2v) is 14.2. The zero-order valence-corrected chi connectivity index (χ0v) is 28.7. The summed E-state index contributed by atoms with van der Waals surface area (Å²) in [5, 5.41) is 3.50. The summed E-state index contributed by atoms with van der Waals surface area (Å²) in [7, 11) is -4.17. The Kier molecular flexibility index (Phi) is 12.7. The lowest BCUT2D eigenvalue weighted by molar-refractivity contribution is -0.140. The quantitative estimate of drug-likeness (QED) is 0.107. The molecule has 7 nitrogen and oxygen atoms in total. The third kappa shape index (κ3) is 9.37. The van der Waals surface area contributed by atoms with Crippen LogP contribution in [0.2, 0.25) is 5.02 Å². The maximum atomic E-state index is 14.5. The molecule has 4 aromatic rings. The minimum Gasteiger partial charge on any atom is -0.354 e. The number of thioether (sulfide) groups is 1. The van der Waals surface area contributed by atoms with Gasteiger partial charge in [0.05, 0.1) is 10.6 Å². The molecule has 0 radical (unpaired) electrons. The first kappa shape index (κ1) is 35.1. The van der Waals surface area contributed by atoms with Crippen molar-refractivity contribution in [2.45, 2.75) is 55.5 Å². The van der Waals surface area contributed by atoms with Crippen molar-refractivity contribution in [3.05, 3.63) is 125 Å². The molecule has 0 bridgehead atoms. The van der Waals surface area contributed by atoms with Crippen molar-refractivity contribution >= 4 is 50.9 Å². The molecule has 242 valence electrons. The molecule has 0 aliphatic heterocycles. The van der Waals surface area contributed by atoms with Crippen LogP contribution in [0.3, 0.4) is 0 Å². The molecule has 0 spiro atoms. The minimum atomic E-state index is -4.17. The van der Waals surface area contributed by atoms with Crippen molar-refractivity contribution in [1.82, 2.24) is 10.2 Å². The molecular formula is C36H40ClN3O4S2. The fourth-order valence-electron chi connectivity index (χ4n) is 5.01. The average molecular weight is 678 g/mol. The highest BCUT2D eigenvalue weighted by Crippen LogP contribution is 2.27. The molecule has 0 aromatic heterocycles. The van der Waals surface area contributed by atoms with Gasteiger partial charge in [-0.2, -0.15) is 0 Å². The summed E-state index contributed by atoms with van der Waals surface area (Å²) in [6.45, 7) is 3.96. The standard InChI is InChI=1S/C36H40ClN3O4S2/c1-4-5-22-38-36(42)34(24-28-10-7-6-8-11-28)39(25-29-12-9-13-30(37)23-29)35(41)26-40(31-16-14-27(2)15-17-31)46(43,44)33-20-18-32(45-3)19-21-33/h6-21,23,34H,4-5,22,24-26H2,1-3H3,(H,38,42). The molecule has 1 N–H and O–H groups in total. The number of carbonyl (C=O) groups excluding carboxylic acids is 2. The number of benzene rings is 4. The molecule has 1 unspecified atom stereocenters. The van der Waals surface area contributed by atoms with Gasteiger partial charge in [0.2, 0.25) is 11.8 Å². The van der Waals surface area contributed by atoms with E-state index in [9.17, 15) is 18.0 Å². The largest absolute Gasteiger partial charge is 0.354 e. The summed E-state index contributed by atoms with van der Waals surface area (Å²) in [4.78, 5) is 30.8. The Morgan fingerprint density at radius 1 is 0.891 bits per heavy atom. The van der Waals surface area contributed by atoms with Crippen LogP contribution in [0, 0.1) is 6.92 Å². The number of hydrogen-bond donors (Lipinski definition) is 1. The molecule has 4 rings (SSSR count). The third-order valence-corrected chi connectivity index (χ3v) is 10.4. The van der Waals surface area contributed by atoms with Crippen molar-refractivity contribution in [2.75, 3.05) is 23.7 Å². The molecule has 10 heteroatoms. The topological polar surface area (TPSA) is 86.8 Å². The van der Waals surface area contributed by atoms with E-state index in [4.69, 9.17) is 11.6 Å². The number of hydrogen-bond acceptors (Lipinski definition) is 5. The number of carbonyl (C=O) groups is 2. The van der Waals surface area contributed by atoms with Gasteiger partial charge in [-0.05, 0) is 79.3 Å². The van der Waals surface area contributed by atoms with Gasteiger partial charge < -0.3 is 10.2 Å². The van der Waals surface area contributed by atoms with Gasteiger partial charge in [0.1, 0.15) is 12.6 Å². The van der Waals surface area contributed by atoms with Crippen molar-refractivity contribution in [3.8, 4) is 0 Å². The number of nitrogens with one attached hydrogen (secondary N) is 1. The molecular weight excluding hydrogens is 638 g/mol. The lowest BCUT2D eigenvalue weighted by atomic mass is 10.0. The predicted octanol–water partition coefficient (Wildman–Crippen LogP) is 7.12. The van der Waals surface area contributed by atoms with E-state index >= 15 is 0 Å². The second-order valence-electron chi connectivity index (χ2n) is 11.0. The van der Waals surface area contributed by atoms with Crippen LogP contribution >= 0.6 is 23.4 Å². The van der Waals surface area contributed by atoms with E-state index in [1.54, 1.807) is 54.6 Å². The summed E-state index contributed by atoms with van der Waals surface area (Å²) < 4.78 is 29.5. The van der Waals surface area contributed by atoms with E-state index in [1.807, 2.05) is 68.6 Å². The van der Waals surface area contributed by atoms with Crippen molar-refractivity contribution in [2.24, 2.45) is 0 Å². The van der Waals surface area contributed by atoms with E-state index in [0.29, 0.717) is 17.3 Å². The first-order valence-corrected chi connectivity index (χ1v) is 18.3. The number of sulfonamides is 1. The fraction of sp³-hybridized carbons (Fsp3) is 0.278. The van der Waals surface area contributed by atoms with E-state index in [1.165, 1.54) is 16.7 Å². The van der Waals surface area contributed by atoms with Crippen LogP contribution in [0.5, 0.6) is 0 Å². The highest BCUT2D eigenvalue weighted by atomic mass is 35.5. The van der Waals surface area contributed by atoms with Gasteiger partial charge in [-0.1, -0.05) is 85.1 Å². The monoisotopic (exact) mass is 677 g/mol. The van der Waals surface area contributed by atoms with Gasteiger partial charge in [-0.3, -0.25) is 13.9 Å². The summed E-state index contributed by atoms with van der Waals surface area (Å²) in [6, 6.07) is 29.3. The Morgan fingerprint density at radius 3 is 2.20 bits per heavy atom. The molecule has 4 aromatic carbocycles. The summed E-state index contributed by atoms with van der Waals surface area (Å²) in [6.07, 6.45) is 3.86. The SMILES string of the molecule is CCCCNC(=O)C(Cc1ccccc1)N(Cc1cccc(Cl)c1)C(=O)CN(c1ccc(C)cc1)S(=O)(=O)c1ccc(SC)cc1. The molecule has 0 fully saturated rings. The smallest absolute Gasteiger partial charge is 0.264 e. The van der Waals surface area contributed by atoms with Gasteiger partial charge in [-0.25, -0.2) is 8.42 Å². The normalized spacial score (nSPS) is 11.9. The Balaban J connectivity index is 1.78. The van der Waals surface area contributed by atoms with E-state index < -0.39 is 28.5 Å². The van der Waals surface area contributed by atoms with Crippen LogP contribution in [-0.2, 0) is 32.6 Å². The second kappa shape index (κ2) is 16.7. The maximum Gasteiger partial charge on any atom is 0.264 e. The van der Waals surface area contributed by atoms with E-state index in [-0.39, 0.29) is 23.8 Å². The van der Waals surface area contributed by atoms with Crippen LogP contribution in [-0.4, -0.2) is 50.5 Å². The summed E-state index contributed by atoms with van der Waals surface area (Å²) >= 11 is 7.83. The zero-order chi connectivity index (χ0) is 33.1. The maximum absolute atomic E-state index is 14.5. The van der Waals surface area contributed by atoms with Gasteiger partial charge in [0, 0.05) is 29.4 Å². The van der Waals surface area contributed by atoms with Gasteiger partial charge in [0.15, 0.2) is 0 Å². The van der Waals surface area contributed by atoms with Crippen LogP contribution in [0.15, 0.2) is 113 Å². The Bertz CT molecular complexity index is 1700. The number of rotatable bonds is 15. The van der Waals surface area contributed by atoms with Gasteiger partial charge >= 0.3 is 0 Å². The molecule has 46 heavy (non-hydrogen) atoms. The van der Waals surface area contributed by atoms with Crippen LogP contribution in [0.4, 0.5) is 5.69 Å². The van der Waals surface area contributed by atoms with Crippen molar-refractivity contribution in [3.63, 3.8) is 0 Å². The lowest BCUT2D eigenvalue weighted by Gasteiger charge is -2.34. The number of anilines is 1. The molecule has 0 aliphatic rings. The van der Waals surface area contributed by atoms with Crippen LogP contribution in [0.25, 0.3) is 0 Å². The summed E-state index contributed by atoms with van der Waals surface area (Å²) in [5.41, 5.74) is 2.89. The van der Waals surface area contributed by atoms with Crippen molar-refractivity contribution < 1.29 is 18.0 Å². The average Bonchev–Trinajstić information content (AvgIpc) is 3.06. The molecule has 0 saturated carbocycles. The minimum absolute atomic E-state index is 0.0578. The Hall–Kier alpha value is -3.79. The first-order valence-electron chi connectivity index (χ1n) is 15.2. The van der Waals surface area contributed by atoms with Crippen molar-refractivity contribution in [1.29, 1.82) is 0 Å². The molecule has 0 saturated heterocycles. The fourth-order valence-corrected chi connectivity index (χ4v) is 7.04. The van der Waals surface area contributed by atoms with E-state index in [2.05, 4.69) is 5.32 Å². The number of aryl methyl sites for hydroxylation is 1. The first-order chi connectivity index (χ1) is 22.1. The number of unbranched alkanes of at least 4 members (excludes halogenated alkanes) is 1. The highest BCUT2D eigenvalue weighted by molar-refractivity contribution is 7.98. The molecule has 0 aliphatic carbocycles. The lowest BCUT2D eigenvalue weighted by Crippen LogP contribution is -2.53. The number of nitrogens with zero attached hydrogens (tertiary/aromatic N) is 2. The number of halogens is 1. The zero-order valence-electron chi connectivity index (χ0n) is 26.4.